The number of aromatic nitrogens is 2. The van der Waals surface area contributed by atoms with Gasteiger partial charge in [0.2, 0.25) is 0 Å². The average molecular weight is 196 g/mol. The first kappa shape index (κ1) is 10.1. The number of rotatable bonds is 2. The van der Waals surface area contributed by atoms with Gasteiger partial charge in [-0.3, -0.25) is 4.79 Å². The van der Waals surface area contributed by atoms with E-state index in [2.05, 4.69) is 9.97 Å². The van der Waals surface area contributed by atoms with Crippen LogP contribution in [0.25, 0.3) is 6.08 Å². The Bertz CT molecular complexity index is 377. The molecule has 0 aliphatic heterocycles. The van der Waals surface area contributed by atoms with Gasteiger partial charge in [0.25, 0.3) is 5.56 Å². The standard InChI is InChI=1S/C9H12N2OS/c1-6(2)4-7-5-8(12)11-9(10-7)13-3/h4-5H,1-3H3,(H,10,11,12). The Kier molecular flexibility index (Phi) is 3.31. The minimum Gasteiger partial charge on any atom is -0.301 e. The van der Waals surface area contributed by atoms with Gasteiger partial charge >= 0.3 is 0 Å². The largest absolute Gasteiger partial charge is 0.301 e. The van der Waals surface area contributed by atoms with Crippen LogP contribution >= 0.6 is 11.8 Å². The molecule has 3 nitrogen and oxygen atoms in total. The number of hydrogen-bond donors (Lipinski definition) is 1. The molecule has 1 heterocycles. The fraction of sp³-hybridized carbons (Fsp3) is 0.333. The molecule has 0 spiro atoms. The number of thioether (sulfide) groups is 1. The van der Waals surface area contributed by atoms with Crippen molar-refractivity contribution >= 4 is 17.8 Å². The van der Waals surface area contributed by atoms with Gasteiger partial charge < -0.3 is 4.98 Å². The zero-order valence-electron chi connectivity index (χ0n) is 7.92. The SMILES string of the molecule is CSc1nc(C=C(C)C)cc(=O)[nH]1. The molecule has 13 heavy (non-hydrogen) atoms. The van der Waals surface area contributed by atoms with E-state index >= 15 is 0 Å². The summed E-state index contributed by atoms with van der Waals surface area (Å²) in [4.78, 5) is 18.0. The van der Waals surface area contributed by atoms with Crippen molar-refractivity contribution < 1.29 is 0 Å². The second kappa shape index (κ2) is 4.28. The van der Waals surface area contributed by atoms with Gasteiger partial charge in [0, 0.05) is 6.07 Å². The molecule has 0 amide bonds. The van der Waals surface area contributed by atoms with Crippen LogP contribution in [0.15, 0.2) is 21.6 Å². The summed E-state index contributed by atoms with van der Waals surface area (Å²) >= 11 is 1.43. The summed E-state index contributed by atoms with van der Waals surface area (Å²) in [6.07, 6.45) is 3.76. The highest BCUT2D eigenvalue weighted by molar-refractivity contribution is 7.98. The molecule has 0 saturated heterocycles. The predicted octanol–water partition coefficient (Wildman–Crippen LogP) is 1.91. The maximum absolute atomic E-state index is 11.1. The molecule has 1 N–H and O–H groups in total. The molecule has 1 rings (SSSR count). The number of aromatic amines is 1. The van der Waals surface area contributed by atoms with Gasteiger partial charge in [0.1, 0.15) is 0 Å². The van der Waals surface area contributed by atoms with Crippen LogP contribution in [0.1, 0.15) is 19.5 Å². The van der Waals surface area contributed by atoms with Crippen molar-refractivity contribution in [1.29, 1.82) is 0 Å². The first-order valence-corrected chi connectivity index (χ1v) is 5.14. The number of nitrogens with one attached hydrogen (secondary N) is 1. The van der Waals surface area contributed by atoms with Gasteiger partial charge in [-0.25, -0.2) is 4.98 Å². The minimum atomic E-state index is -0.105. The molecule has 0 bridgehead atoms. The van der Waals surface area contributed by atoms with E-state index in [-0.39, 0.29) is 5.56 Å². The minimum absolute atomic E-state index is 0.105. The molecule has 0 fully saturated rings. The summed E-state index contributed by atoms with van der Waals surface area (Å²) in [7, 11) is 0. The van der Waals surface area contributed by atoms with Crippen LogP contribution in [-0.2, 0) is 0 Å². The molecule has 4 heteroatoms. The van der Waals surface area contributed by atoms with Crippen LogP contribution < -0.4 is 5.56 Å². The molecular weight excluding hydrogens is 184 g/mol. The Morgan fingerprint density at radius 3 is 2.85 bits per heavy atom. The smallest absolute Gasteiger partial charge is 0.252 e. The van der Waals surface area contributed by atoms with E-state index in [0.29, 0.717) is 10.9 Å². The Hall–Kier alpha value is -1.03. The molecule has 0 saturated carbocycles. The van der Waals surface area contributed by atoms with Crippen LogP contribution in [0.5, 0.6) is 0 Å². The molecule has 1 aromatic heterocycles. The van der Waals surface area contributed by atoms with Gasteiger partial charge in [-0.1, -0.05) is 17.3 Å². The number of allylic oxidation sites excluding steroid dienone is 1. The van der Waals surface area contributed by atoms with Gasteiger partial charge in [0.15, 0.2) is 5.16 Å². The van der Waals surface area contributed by atoms with E-state index in [0.717, 1.165) is 5.57 Å². The van der Waals surface area contributed by atoms with E-state index < -0.39 is 0 Å². The summed E-state index contributed by atoms with van der Waals surface area (Å²) in [5, 5.41) is 0.653. The van der Waals surface area contributed by atoms with E-state index in [4.69, 9.17) is 0 Å². The van der Waals surface area contributed by atoms with Crippen molar-refractivity contribution in [3.63, 3.8) is 0 Å². The monoisotopic (exact) mass is 196 g/mol. The molecule has 0 aromatic carbocycles. The fourth-order valence-electron chi connectivity index (χ4n) is 0.920. The lowest BCUT2D eigenvalue weighted by Crippen LogP contribution is -2.07. The van der Waals surface area contributed by atoms with Gasteiger partial charge in [-0.15, -0.1) is 0 Å². The van der Waals surface area contributed by atoms with Gasteiger partial charge in [0.05, 0.1) is 5.69 Å². The van der Waals surface area contributed by atoms with E-state index in [1.807, 2.05) is 26.2 Å². The van der Waals surface area contributed by atoms with Gasteiger partial charge in [-0.05, 0) is 26.2 Å². The topological polar surface area (TPSA) is 45.8 Å². The molecule has 70 valence electrons. The first-order valence-electron chi connectivity index (χ1n) is 3.92. The molecule has 0 radical (unpaired) electrons. The summed E-state index contributed by atoms with van der Waals surface area (Å²) in [5.74, 6) is 0. The molecule has 0 atom stereocenters. The Morgan fingerprint density at radius 1 is 1.62 bits per heavy atom. The summed E-state index contributed by atoms with van der Waals surface area (Å²) in [5.41, 5.74) is 1.74. The third-order valence-corrected chi connectivity index (χ3v) is 1.95. The second-order valence-electron chi connectivity index (χ2n) is 2.90. The summed E-state index contributed by atoms with van der Waals surface area (Å²) in [6.45, 7) is 3.95. The Balaban J connectivity index is 3.16. The number of nitrogens with zero attached hydrogens (tertiary/aromatic N) is 1. The Morgan fingerprint density at radius 2 is 2.31 bits per heavy atom. The third-order valence-electron chi connectivity index (χ3n) is 1.37. The van der Waals surface area contributed by atoms with Crippen molar-refractivity contribution in [2.45, 2.75) is 19.0 Å². The lowest BCUT2D eigenvalue weighted by molar-refractivity contribution is 0.930. The first-order chi connectivity index (χ1) is 6.11. The van der Waals surface area contributed by atoms with E-state index in [1.54, 1.807) is 0 Å². The highest BCUT2D eigenvalue weighted by Crippen LogP contribution is 2.07. The van der Waals surface area contributed by atoms with Crippen LogP contribution in [-0.4, -0.2) is 16.2 Å². The zero-order chi connectivity index (χ0) is 9.84. The van der Waals surface area contributed by atoms with E-state index in [9.17, 15) is 4.79 Å². The maximum atomic E-state index is 11.1. The summed E-state index contributed by atoms with van der Waals surface area (Å²) < 4.78 is 0. The average Bonchev–Trinajstić information content (AvgIpc) is 2.01. The molecule has 0 aliphatic carbocycles. The third kappa shape index (κ3) is 3.06. The van der Waals surface area contributed by atoms with E-state index in [1.165, 1.54) is 17.8 Å². The molecule has 0 aliphatic rings. The molecule has 0 unspecified atom stereocenters. The quantitative estimate of drug-likeness (QED) is 0.580. The number of H-pyrrole nitrogens is 1. The van der Waals surface area contributed by atoms with Crippen molar-refractivity contribution in [2.75, 3.05) is 6.26 Å². The van der Waals surface area contributed by atoms with Crippen LogP contribution in [0.2, 0.25) is 0 Å². The predicted molar refractivity (Wildman–Crippen MR) is 56.0 cm³/mol. The van der Waals surface area contributed by atoms with Crippen molar-refractivity contribution in [3.05, 3.63) is 27.7 Å². The van der Waals surface area contributed by atoms with Gasteiger partial charge in [-0.2, -0.15) is 0 Å². The zero-order valence-corrected chi connectivity index (χ0v) is 8.73. The van der Waals surface area contributed by atoms with Crippen LogP contribution in [0.3, 0.4) is 0 Å². The highest BCUT2D eigenvalue weighted by atomic mass is 32.2. The van der Waals surface area contributed by atoms with Crippen molar-refractivity contribution in [1.82, 2.24) is 9.97 Å². The summed E-state index contributed by atoms with van der Waals surface area (Å²) in [6, 6.07) is 1.49. The number of hydrogen-bond acceptors (Lipinski definition) is 3. The van der Waals surface area contributed by atoms with Crippen LogP contribution in [0.4, 0.5) is 0 Å². The normalized spacial score (nSPS) is 9.77. The van der Waals surface area contributed by atoms with Crippen molar-refractivity contribution in [2.24, 2.45) is 0 Å². The lowest BCUT2D eigenvalue weighted by Gasteiger charge is -1.97. The molecular formula is C9H12N2OS. The second-order valence-corrected chi connectivity index (χ2v) is 3.70. The highest BCUT2D eigenvalue weighted by Gasteiger charge is 1.96. The molecule has 1 aromatic rings. The Labute approximate surface area is 81.3 Å². The lowest BCUT2D eigenvalue weighted by atomic mass is 10.2. The van der Waals surface area contributed by atoms with Crippen molar-refractivity contribution in [3.8, 4) is 0 Å². The maximum Gasteiger partial charge on any atom is 0.252 e. The fourth-order valence-corrected chi connectivity index (χ4v) is 1.32. The van der Waals surface area contributed by atoms with Crippen LogP contribution in [0, 0.1) is 0 Å².